The van der Waals surface area contributed by atoms with Gasteiger partial charge in [-0.05, 0) is 50.9 Å². The molecule has 0 aromatic heterocycles. The molecule has 0 bridgehead atoms. The minimum Gasteiger partial charge on any atom is -0.381 e. The molecule has 2 amide bonds. The Kier molecular flexibility index (Phi) is 6.64. The van der Waals surface area contributed by atoms with E-state index in [-0.39, 0.29) is 40.6 Å². The lowest BCUT2D eigenvalue weighted by molar-refractivity contribution is -0.134. The zero-order valence-electron chi connectivity index (χ0n) is 19.7. The van der Waals surface area contributed by atoms with Crippen LogP contribution in [-0.4, -0.2) is 72.4 Å². The smallest absolute Gasteiger partial charge is 0.243 e. The summed E-state index contributed by atoms with van der Waals surface area (Å²) < 4.78 is 5.85. The topological polar surface area (TPSA) is 106 Å². The van der Waals surface area contributed by atoms with Crippen LogP contribution in [0.25, 0.3) is 0 Å². The number of amides is 2. The Balaban J connectivity index is 1.18. The van der Waals surface area contributed by atoms with E-state index in [2.05, 4.69) is 28.9 Å². The van der Waals surface area contributed by atoms with E-state index in [9.17, 15) is 14.9 Å². The van der Waals surface area contributed by atoms with Gasteiger partial charge < -0.3 is 20.3 Å². The molecule has 0 spiro atoms. The molecule has 3 saturated heterocycles. The molecule has 2 aliphatic carbocycles. The first-order valence-corrected chi connectivity index (χ1v) is 13.6. The van der Waals surface area contributed by atoms with Gasteiger partial charge in [0.15, 0.2) is 0 Å². The van der Waals surface area contributed by atoms with Crippen LogP contribution in [0.5, 0.6) is 0 Å². The van der Waals surface area contributed by atoms with Crippen molar-refractivity contribution in [1.82, 2.24) is 20.9 Å². The lowest BCUT2D eigenvalue weighted by atomic mass is 9.68. The molecule has 8 unspecified atom stereocenters. The number of piperidine rings is 1. The Morgan fingerprint density at radius 3 is 2.70 bits per heavy atom. The maximum absolute atomic E-state index is 13.4. The standard InChI is InChI=1S/C24H37N5O3S/c1-14-9-16(15-5-3-4-6-19(15)32-2)17(10-26-14)21(30)28-23-27-18-11-29(12-20(18)33-23)22(31)24(13-25)7-8-24/h14-20,23,26-27H,3-12H2,1-2H3,(H,28,30). The average Bonchev–Trinajstić information content (AvgIpc) is 3.40. The summed E-state index contributed by atoms with van der Waals surface area (Å²) in [6, 6.07) is 2.80. The summed E-state index contributed by atoms with van der Waals surface area (Å²) >= 11 is 1.71. The third-order valence-corrected chi connectivity index (χ3v) is 10.0. The highest BCUT2D eigenvalue weighted by atomic mass is 32.2. The van der Waals surface area contributed by atoms with Crippen molar-refractivity contribution in [2.24, 2.45) is 23.2 Å². The van der Waals surface area contributed by atoms with Crippen molar-refractivity contribution in [3.8, 4) is 6.07 Å². The molecule has 182 valence electrons. The largest absolute Gasteiger partial charge is 0.381 e. The molecule has 3 heterocycles. The molecule has 3 N–H and O–H groups in total. The van der Waals surface area contributed by atoms with Crippen molar-refractivity contribution in [2.45, 2.75) is 80.8 Å². The van der Waals surface area contributed by atoms with Crippen LogP contribution < -0.4 is 16.0 Å². The molecular weight excluding hydrogens is 438 g/mol. The number of methoxy groups -OCH3 is 1. The number of rotatable bonds is 5. The summed E-state index contributed by atoms with van der Waals surface area (Å²) in [5.74, 6) is 0.855. The van der Waals surface area contributed by atoms with Gasteiger partial charge in [0.2, 0.25) is 11.8 Å². The molecule has 0 aromatic carbocycles. The minimum atomic E-state index is -0.754. The lowest BCUT2D eigenvalue weighted by Crippen LogP contribution is -2.55. The number of fused-ring (bicyclic) bond motifs is 1. The van der Waals surface area contributed by atoms with Crippen LogP contribution in [0.1, 0.15) is 51.9 Å². The van der Waals surface area contributed by atoms with Crippen molar-refractivity contribution in [3.05, 3.63) is 0 Å². The molecule has 5 rings (SSSR count). The molecule has 5 aliphatic rings. The first-order chi connectivity index (χ1) is 15.9. The molecule has 5 fully saturated rings. The first kappa shape index (κ1) is 23.4. The van der Waals surface area contributed by atoms with Gasteiger partial charge in [-0.2, -0.15) is 5.26 Å². The maximum Gasteiger partial charge on any atom is 0.243 e. The minimum absolute atomic E-state index is 0.00666. The van der Waals surface area contributed by atoms with Crippen LogP contribution in [0.3, 0.4) is 0 Å². The number of hydrogen-bond donors (Lipinski definition) is 3. The Labute approximate surface area is 200 Å². The SMILES string of the molecule is COC1CCCCC1C1CC(C)NCC1C(=O)NC1NC2CN(C(=O)C3(C#N)CC3)CC2S1. The molecule has 8 atom stereocenters. The lowest BCUT2D eigenvalue weighted by Gasteiger charge is -2.44. The van der Waals surface area contributed by atoms with Gasteiger partial charge in [-0.15, -0.1) is 11.8 Å². The van der Waals surface area contributed by atoms with Crippen LogP contribution in [0, 0.1) is 34.5 Å². The van der Waals surface area contributed by atoms with Crippen LogP contribution in [0.15, 0.2) is 0 Å². The van der Waals surface area contributed by atoms with Crippen molar-refractivity contribution in [3.63, 3.8) is 0 Å². The number of carbonyl (C=O) groups excluding carboxylic acids is 2. The normalized spacial score (nSPS) is 41.8. The molecule has 33 heavy (non-hydrogen) atoms. The van der Waals surface area contributed by atoms with Crippen molar-refractivity contribution in [1.29, 1.82) is 5.26 Å². The van der Waals surface area contributed by atoms with E-state index >= 15 is 0 Å². The second-order valence-corrected chi connectivity index (χ2v) is 12.1. The predicted octanol–water partition coefficient (Wildman–Crippen LogP) is 1.43. The Morgan fingerprint density at radius 1 is 1.21 bits per heavy atom. The molecule has 0 radical (unpaired) electrons. The predicted molar refractivity (Wildman–Crippen MR) is 126 cm³/mol. The number of ether oxygens (including phenoxy) is 1. The highest BCUT2D eigenvalue weighted by Gasteiger charge is 2.55. The van der Waals surface area contributed by atoms with E-state index in [1.54, 1.807) is 11.8 Å². The fourth-order valence-electron chi connectivity index (χ4n) is 6.56. The van der Waals surface area contributed by atoms with Crippen LogP contribution in [-0.2, 0) is 14.3 Å². The van der Waals surface area contributed by atoms with E-state index in [0.29, 0.717) is 50.4 Å². The first-order valence-electron chi connectivity index (χ1n) is 12.6. The number of nitrogens with zero attached hydrogens (tertiary/aromatic N) is 2. The quantitative estimate of drug-likeness (QED) is 0.552. The van der Waals surface area contributed by atoms with Gasteiger partial charge in [0.25, 0.3) is 0 Å². The van der Waals surface area contributed by atoms with Gasteiger partial charge in [-0.3, -0.25) is 14.9 Å². The van der Waals surface area contributed by atoms with Gasteiger partial charge in [0, 0.05) is 44.1 Å². The van der Waals surface area contributed by atoms with Crippen LogP contribution in [0.2, 0.25) is 0 Å². The van der Waals surface area contributed by atoms with Gasteiger partial charge >= 0.3 is 0 Å². The molecule has 2 saturated carbocycles. The second-order valence-electron chi connectivity index (χ2n) is 10.8. The van der Waals surface area contributed by atoms with Gasteiger partial charge in [0.05, 0.1) is 18.1 Å². The number of carbonyl (C=O) groups is 2. The zero-order chi connectivity index (χ0) is 23.2. The Morgan fingerprint density at radius 2 is 2.00 bits per heavy atom. The van der Waals surface area contributed by atoms with Crippen LogP contribution >= 0.6 is 11.8 Å². The molecule has 0 aromatic rings. The molecule has 9 heteroatoms. The van der Waals surface area contributed by atoms with Gasteiger partial charge in [-0.1, -0.05) is 12.8 Å². The summed E-state index contributed by atoms with van der Waals surface area (Å²) in [5, 5.41) is 19.9. The molecule has 3 aliphatic heterocycles. The summed E-state index contributed by atoms with van der Waals surface area (Å²) in [5.41, 5.74) is -0.879. The van der Waals surface area contributed by atoms with Crippen molar-refractivity contribution < 1.29 is 14.3 Å². The maximum atomic E-state index is 13.4. The second kappa shape index (κ2) is 9.37. The highest BCUT2D eigenvalue weighted by molar-refractivity contribution is 8.00. The summed E-state index contributed by atoms with van der Waals surface area (Å²) in [6.07, 6.45) is 7.33. The van der Waals surface area contributed by atoms with Crippen molar-refractivity contribution in [2.75, 3.05) is 26.7 Å². The third-order valence-electron chi connectivity index (χ3n) is 8.65. The van der Waals surface area contributed by atoms with Crippen molar-refractivity contribution >= 4 is 23.6 Å². The Bertz CT molecular complexity index is 800. The highest BCUT2D eigenvalue weighted by Crippen LogP contribution is 2.48. The number of hydrogen-bond acceptors (Lipinski definition) is 7. The van der Waals surface area contributed by atoms with E-state index in [0.717, 1.165) is 19.3 Å². The number of thioether (sulfide) groups is 1. The summed E-state index contributed by atoms with van der Waals surface area (Å²) in [4.78, 5) is 28.0. The van der Waals surface area contributed by atoms with Gasteiger partial charge in [0.1, 0.15) is 10.9 Å². The van der Waals surface area contributed by atoms with Gasteiger partial charge in [-0.25, -0.2) is 0 Å². The monoisotopic (exact) mass is 475 g/mol. The van der Waals surface area contributed by atoms with E-state index in [4.69, 9.17) is 4.74 Å². The van der Waals surface area contributed by atoms with E-state index in [1.165, 1.54) is 12.8 Å². The summed E-state index contributed by atoms with van der Waals surface area (Å²) in [7, 11) is 1.82. The average molecular weight is 476 g/mol. The number of nitrogens with one attached hydrogen (secondary N) is 3. The summed E-state index contributed by atoms with van der Waals surface area (Å²) in [6.45, 7) is 4.20. The Hall–Kier alpha value is -1.34. The molecular formula is C24H37N5O3S. The molecule has 8 nitrogen and oxygen atoms in total. The van der Waals surface area contributed by atoms with Crippen LogP contribution in [0.4, 0.5) is 0 Å². The van der Waals surface area contributed by atoms with E-state index < -0.39 is 5.41 Å². The van der Waals surface area contributed by atoms with E-state index in [1.807, 2.05) is 12.0 Å². The third kappa shape index (κ3) is 4.52. The fraction of sp³-hybridized carbons (Fsp3) is 0.875. The zero-order valence-corrected chi connectivity index (χ0v) is 20.5. The fourth-order valence-corrected chi connectivity index (χ4v) is 7.97. The number of likely N-dealkylation sites (tertiary alicyclic amines) is 1. The number of nitriles is 1.